The summed E-state index contributed by atoms with van der Waals surface area (Å²) in [6.07, 6.45) is 7.23. The number of likely N-dealkylation sites (tertiary alicyclic amines) is 1. The number of imidazole rings is 1. The minimum atomic E-state index is -0.242. The fourth-order valence-electron chi connectivity index (χ4n) is 5.25. The number of pyridine rings is 1. The molecule has 10 heteroatoms. The fourth-order valence-corrected chi connectivity index (χ4v) is 5.25. The van der Waals surface area contributed by atoms with Crippen molar-refractivity contribution in [3.05, 3.63) is 71.9 Å². The van der Waals surface area contributed by atoms with Crippen molar-refractivity contribution in [1.29, 1.82) is 5.41 Å². The van der Waals surface area contributed by atoms with Crippen LogP contribution in [0.4, 0.5) is 10.2 Å². The minimum Gasteiger partial charge on any atom is -0.379 e. The normalized spacial score (nSPS) is 18.4. The molecule has 206 valence electrons. The summed E-state index contributed by atoms with van der Waals surface area (Å²) in [6, 6.07) is 12.8. The second-order valence-corrected chi connectivity index (χ2v) is 9.92. The summed E-state index contributed by atoms with van der Waals surface area (Å²) in [5, 5.41) is 8.62. The van der Waals surface area contributed by atoms with Gasteiger partial charge >= 0.3 is 0 Å². The van der Waals surface area contributed by atoms with Gasteiger partial charge in [0.1, 0.15) is 23.3 Å². The van der Waals surface area contributed by atoms with Crippen LogP contribution >= 0.6 is 0 Å². The van der Waals surface area contributed by atoms with E-state index in [-0.39, 0.29) is 11.9 Å². The van der Waals surface area contributed by atoms with E-state index in [0.717, 1.165) is 74.9 Å². The zero-order valence-electron chi connectivity index (χ0n) is 22.2. The average molecular weight is 533 g/mol. The van der Waals surface area contributed by atoms with E-state index >= 15 is 0 Å². The lowest BCUT2D eigenvalue weighted by molar-refractivity contribution is 0.107. The lowest BCUT2D eigenvalue weighted by Gasteiger charge is -2.35. The smallest absolute Gasteiger partial charge is 0.130 e. The Morgan fingerprint density at radius 2 is 1.97 bits per heavy atom. The van der Waals surface area contributed by atoms with Crippen LogP contribution in [0.1, 0.15) is 30.3 Å². The number of ether oxygens (including phenoxy) is 1. The van der Waals surface area contributed by atoms with Crippen molar-refractivity contribution in [3.8, 4) is 11.4 Å². The van der Waals surface area contributed by atoms with Gasteiger partial charge in [0.15, 0.2) is 0 Å². The molecule has 2 aliphatic heterocycles. The number of piperazine rings is 1. The summed E-state index contributed by atoms with van der Waals surface area (Å²) in [4.78, 5) is 19.4. The number of nitrogens with two attached hydrogens (primary N) is 1. The van der Waals surface area contributed by atoms with Crippen LogP contribution in [0.2, 0.25) is 0 Å². The molecule has 0 spiro atoms. The third-order valence-electron chi connectivity index (χ3n) is 7.31. The molecule has 5 rings (SSSR count). The Morgan fingerprint density at radius 3 is 2.79 bits per heavy atom. The molecule has 0 radical (unpaired) electrons. The topological polar surface area (TPSA) is 110 Å². The van der Waals surface area contributed by atoms with Crippen LogP contribution < -0.4 is 10.6 Å². The van der Waals surface area contributed by atoms with E-state index in [4.69, 9.17) is 20.9 Å². The van der Waals surface area contributed by atoms with E-state index in [9.17, 15) is 4.39 Å². The maximum atomic E-state index is 13.8. The highest BCUT2D eigenvalue weighted by atomic mass is 19.1. The van der Waals surface area contributed by atoms with Gasteiger partial charge in [-0.15, -0.1) is 0 Å². The van der Waals surface area contributed by atoms with E-state index in [2.05, 4.69) is 19.8 Å². The summed E-state index contributed by atoms with van der Waals surface area (Å²) in [5.41, 5.74) is 8.06. The van der Waals surface area contributed by atoms with E-state index < -0.39 is 0 Å². The molecule has 0 amide bonds. The summed E-state index contributed by atoms with van der Waals surface area (Å²) in [5.74, 6) is 1.77. The summed E-state index contributed by atoms with van der Waals surface area (Å²) in [6.45, 7) is 7.36. The van der Waals surface area contributed by atoms with Gasteiger partial charge in [0.05, 0.1) is 36.8 Å². The first-order valence-electron chi connectivity index (χ1n) is 13.7. The highest BCUT2D eigenvalue weighted by Crippen LogP contribution is 2.32. The summed E-state index contributed by atoms with van der Waals surface area (Å²) < 4.78 is 19.3. The molecule has 9 nitrogen and oxygen atoms in total. The number of anilines is 1. The molecule has 2 aliphatic rings. The molecular formula is C29H37FN8O. The van der Waals surface area contributed by atoms with Crippen LogP contribution in [-0.4, -0.2) is 89.6 Å². The first-order valence-corrected chi connectivity index (χ1v) is 13.7. The van der Waals surface area contributed by atoms with Gasteiger partial charge in [-0.25, -0.2) is 14.4 Å². The van der Waals surface area contributed by atoms with E-state index in [1.165, 1.54) is 6.07 Å². The highest BCUT2D eigenvalue weighted by Gasteiger charge is 2.27. The lowest BCUT2D eigenvalue weighted by atomic mass is 10.0. The Labute approximate surface area is 229 Å². The van der Waals surface area contributed by atoms with Gasteiger partial charge < -0.3 is 25.3 Å². The number of rotatable bonds is 10. The molecule has 0 aliphatic carbocycles. The Morgan fingerprint density at radius 1 is 1.13 bits per heavy atom. The van der Waals surface area contributed by atoms with E-state index in [1.54, 1.807) is 24.4 Å². The molecule has 39 heavy (non-hydrogen) atoms. The molecule has 3 aromatic rings. The number of amidine groups is 1. The molecule has 4 N–H and O–H groups in total. The molecule has 4 heterocycles. The average Bonchev–Trinajstić information content (AvgIpc) is 3.65. The monoisotopic (exact) mass is 532 g/mol. The van der Waals surface area contributed by atoms with E-state index in [0.29, 0.717) is 31.4 Å². The first-order chi connectivity index (χ1) is 19.1. The molecule has 0 bridgehead atoms. The number of H-pyrrole nitrogens is 1. The number of benzene rings is 1. The number of nitrogens with zero attached hydrogens (tertiary/aromatic N) is 5. The van der Waals surface area contributed by atoms with Gasteiger partial charge in [-0.05, 0) is 54.8 Å². The Bertz CT molecular complexity index is 1270. The number of aromatic nitrogens is 3. The van der Waals surface area contributed by atoms with Gasteiger partial charge in [-0.1, -0.05) is 18.2 Å². The molecule has 0 saturated carbocycles. The third-order valence-corrected chi connectivity index (χ3v) is 7.31. The predicted octanol–water partition coefficient (Wildman–Crippen LogP) is 3.54. The largest absolute Gasteiger partial charge is 0.379 e. The van der Waals surface area contributed by atoms with E-state index in [1.807, 2.05) is 35.2 Å². The maximum absolute atomic E-state index is 13.8. The Hall–Kier alpha value is -3.60. The van der Waals surface area contributed by atoms with Crippen LogP contribution in [0.5, 0.6) is 0 Å². The van der Waals surface area contributed by atoms with Crippen LogP contribution in [0.25, 0.3) is 17.5 Å². The molecular weight excluding hydrogens is 495 g/mol. The van der Waals surface area contributed by atoms with Crippen LogP contribution in [-0.2, 0) is 4.74 Å². The minimum absolute atomic E-state index is 0.0170. The zero-order chi connectivity index (χ0) is 27.0. The lowest BCUT2D eigenvalue weighted by Crippen LogP contribution is -2.47. The SMILES string of the molecule is N=C(/C=C\c1ncc(-c2cccc(N3CCN(CCOCCN)CC3)n2)[nH]1)N1CCCC1c1cccc(F)c1. The van der Waals surface area contributed by atoms with Crippen molar-refractivity contribution in [2.75, 3.05) is 63.9 Å². The number of nitrogens with one attached hydrogen (secondary N) is 2. The standard InChI is InChI=1S/C29H37FN8O/c30-23-5-1-4-22(20-23)26-7-3-12-38(26)27(32)9-10-28-33-21-25(34-28)24-6-2-8-29(35-24)37-15-13-36(14-16-37)17-19-39-18-11-31/h1-2,4-6,8-10,20-21,26,32H,3,7,11-19,31H2,(H,33,34)/b10-9-,32-27?. The number of hydrogen-bond acceptors (Lipinski definition) is 7. The van der Waals surface area contributed by atoms with Gasteiger partial charge in [0, 0.05) is 45.8 Å². The highest BCUT2D eigenvalue weighted by molar-refractivity contribution is 5.94. The van der Waals surface area contributed by atoms with Gasteiger partial charge in [0.2, 0.25) is 0 Å². The van der Waals surface area contributed by atoms with Crippen molar-refractivity contribution >= 4 is 17.7 Å². The molecule has 1 atom stereocenters. The first kappa shape index (κ1) is 27.0. The number of hydrogen-bond donors (Lipinski definition) is 3. The van der Waals surface area contributed by atoms with Crippen molar-refractivity contribution < 1.29 is 9.13 Å². The van der Waals surface area contributed by atoms with Crippen LogP contribution in [0.3, 0.4) is 0 Å². The second kappa shape index (κ2) is 13.0. The summed E-state index contributed by atoms with van der Waals surface area (Å²) in [7, 11) is 0. The second-order valence-electron chi connectivity index (χ2n) is 9.92. The Balaban J connectivity index is 1.18. The van der Waals surface area contributed by atoms with Gasteiger partial charge in [-0.2, -0.15) is 0 Å². The quantitative estimate of drug-likeness (QED) is 0.208. The zero-order valence-corrected chi connectivity index (χ0v) is 22.2. The van der Waals surface area contributed by atoms with Crippen LogP contribution in [0, 0.1) is 11.2 Å². The van der Waals surface area contributed by atoms with Crippen molar-refractivity contribution in [2.24, 2.45) is 5.73 Å². The van der Waals surface area contributed by atoms with Crippen molar-refractivity contribution in [1.82, 2.24) is 24.8 Å². The summed E-state index contributed by atoms with van der Waals surface area (Å²) >= 11 is 0. The Kier molecular flexibility index (Phi) is 8.97. The van der Waals surface area contributed by atoms with Crippen LogP contribution in [0.15, 0.2) is 54.7 Å². The molecule has 2 fully saturated rings. The third kappa shape index (κ3) is 6.89. The van der Waals surface area contributed by atoms with Gasteiger partial charge in [0.25, 0.3) is 0 Å². The number of aromatic amines is 1. The van der Waals surface area contributed by atoms with Gasteiger partial charge in [-0.3, -0.25) is 10.3 Å². The maximum Gasteiger partial charge on any atom is 0.130 e. The molecule has 2 aromatic heterocycles. The fraction of sp³-hybridized carbons (Fsp3) is 0.414. The van der Waals surface area contributed by atoms with Crippen molar-refractivity contribution in [3.63, 3.8) is 0 Å². The number of halogens is 1. The van der Waals surface area contributed by atoms with Crippen molar-refractivity contribution in [2.45, 2.75) is 18.9 Å². The predicted molar refractivity (Wildman–Crippen MR) is 152 cm³/mol. The molecule has 2 saturated heterocycles. The molecule has 1 unspecified atom stereocenters. The molecule has 1 aromatic carbocycles.